The third-order valence-electron chi connectivity index (χ3n) is 5.65. The summed E-state index contributed by atoms with van der Waals surface area (Å²) in [6, 6.07) is 13.6. The number of aryl methyl sites for hydroxylation is 1. The third kappa shape index (κ3) is 4.21. The predicted molar refractivity (Wildman–Crippen MR) is 116 cm³/mol. The second-order valence-electron chi connectivity index (χ2n) is 7.65. The van der Waals surface area contributed by atoms with E-state index in [0.717, 1.165) is 30.9 Å². The Bertz CT molecular complexity index is 1100. The number of carbonyl (C=O) groups excluding carboxylic acids is 1. The van der Waals surface area contributed by atoms with E-state index in [4.69, 9.17) is 4.74 Å². The van der Waals surface area contributed by atoms with Crippen LogP contribution in [0, 0.1) is 6.92 Å². The molecule has 1 aliphatic rings. The highest BCUT2D eigenvalue weighted by atomic mass is 16.5. The van der Waals surface area contributed by atoms with E-state index in [1.807, 2.05) is 36.1 Å². The van der Waals surface area contributed by atoms with Crippen molar-refractivity contribution in [3.8, 4) is 5.75 Å². The predicted octanol–water partition coefficient (Wildman–Crippen LogP) is 2.06. The van der Waals surface area contributed by atoms with Crippen LogP contribution in [0.15, 0.2) is 53.6 Å². The minimum atomic E-state index is -0.171. The Morgan fingerprint density at radius 3 is 2.50 bits per heavy atom. The second-order valence-corrected chi connectivity index (χ2v) is 7.65. The molecular formula is C23H26N4O3. The van der Waals surface area contributed by atoms with Crippen LogP contribution < -0.4 is 10.3 Å². The summed E-state index contributed by atoms with van der Waals surface area (Å²) in [6.07, 6.45) is 1.48. The van der Waals surface area contributed by atoms with E-state index in [1.165, 1.54) is 16.5 Å². The van der Waals surface area contributed by atoms with Gasteiger partial charge in [-0.25, -0.2) is 4.98 Å². The number of methoxy groups -OCH3 is 1. The van der Waals surface area contributed by atoms with Crippen LogP contribution in [0.4, 0.5) is 0 Å². The maximum absolute atomic E-state index is 12.8. The number of hydrogen-bond donors (Lipinski definition) is 0. The molecule has 7 heteroatoms. The van der Waals surface area contributed by atoms with Gasteiger partial charge in [0.05, 0.1) is 24.3 Å². The van der Waals surface area contributed by atoms with Crippen LogP contribution in [-0.2, 0) is 17.9 Å². The highest BCUT2D eigenvalue weighted by Crippen LogP contribution is 2.15. The van der Waals surface area contributed by atoms with E-state index in [1.54, 1.807) is 13.2 Å². The molecule has 0 spiro atoms. The van der Waals surface area contributed by atoms with E-state index >= 15 is 0 Å². The topological polar surface area (TPSA) is 67.7 Å². The molecule has 30 heavy (non-hydrogen) atoms. The Kier molecular flexibility index (Phi) is 5.81. The van der Waals surface area contributed by atoms with Crippen molar-refractivity contribution in [1.29, 1.82) is 0 Å². The number of aromatic nitrogens is 2. The zero-order chi connectivity index (χ0) is 21.1. The van der Waals surface area contributed by atoms with Crippen LogP contribution in [-0.4, -0.2) is 58.5 Å². The first-order chi connectivity index (χ1) is 14.5. The lowest BCUT2D eigenvalue weighted by Crippen LogP contribution is -2.49. The van der Waals surface area contributed by atoms with Crippen LogP contribution >= 0.6 is 0 Å². The monoisotopic (exact) mass is 406 g/mol. The molecule has 2 heterocycles. The zero-order valence-electron chi connectivity index (χ0n) is 17.4. The lowest BCUT2D eigenvalue weighted by molar-refractivity contribution is -0.133. The molecule has 1 aromatic heterocycles. The minimum Gasteiger partial charge on any atom is -0.497 e. The fourth-order valence-corrected chi connectivity index (χ4v) is 3.84. The molecule has 0 aliphatic carbocycles. The standard InChI is InChI=1S/C23H26N4O3/c1-17-4-3-5-20-22(17)24-16-27(23(20)29)15-21(28)26-12-10-25(11-13-26)14-18-6-8-19(30-2)9-7-18/h3-9,16H,10-15H2,1-2H3. The van der Waals surface area contributed by atoms with Gasteiger partial charge in [-0.2, -0.15) is 0 Å². The Hall–Kier alpha value is -3.19. The summed E-state index contributed by atoms with van der Waals surface area (Å²) in [5.41, 5.74) is 2.70. The smallest absolute Gasteiger partial charge is 0.261 e. The first-order valence-corrected chi connectivity index (χ1v) is 10.1. The highest BCUT2D eigenvalue weighted by Gasteiger charge is 2.22. The molecule has 1 amide bonds. The quantitative estimate of drug-likeness (QED) is 0.649. The Balaban J connectivity index is 1.36. The number of para-hydroxylation sites is 1. The van der Waals surface area contributed by atoms with Crippen molar-refractivity contribution in [3.05, 3.63) is 70.3 Å². The summed E-state index contributed by atoms with van der Waals surface area (Å²) >= 11 is 0. The number of ether oxygens (including phenoxy) is 1. The first-order valence-electron chi connectivity index (χ1n) is 10.1. The van der Waals surface area contributed by atoms with Crippen molar-refractivity contribution >= 4 is 16.8 Å². The summed E-state index contributed by atoms with van der Waals surface area (Å²) in [6.45, 7) is 5.72. The maximum atomic E-state index is 12.8. The van der Waals surface area contributed by atoms with Crippen molar-refractivity contribution in [2.45, 2.75) is 20.0 Å². The maximum Gasteiger partial charge on any atom is 0.261 e. The minimum absolute atomic E-state index is 0.0220. The third-order valence-corrected chi connectivity index (χ3v) is 5.65. The molecule has 4 rings (SSSR count). The molecule has 1 saturated heterocycles. The Morgan fingerprint density at radius 1 is 1.07 bits per heavy atom. The van der Waals surface area contributed by atoms with Gasteiger partial charge in [-0.3, -0.25) is 19.1 Å². The van der Waals surface area contributed by atoms with Gasteiger partial charge in [-0.15, -0.1) is 0 Å². The van der Waals surface area contributed by atoms with Gasteiger partial charge in [-0.1, -0.05) is 24.3 Å². The molecule has 156 valence electrons. The van der Waals surface area contributed by atoms with Crippen LogP contribution in [0.25, 0.3) is 10.9 Å². The largest absolute Gasteiger partial charge is 0.497 e. The SMILES string of the molecule is COc1ccc(CN2CCN(C(=O)Cn3cnc4c(C)cccc4c3=O)CC2)cc1. The number of fused-ring (bicyclic) bond motifs is 1. The molecule has 0 bridgehead atoms. The molecule has 0 radical (unpaired) electrons. The normalized spacial score (nSPS) is 14.8. The fraction of sp³-hybridized carbons (Fsp3) is 0.348. The number of hydrogen-bond acceptors (Lipinski definition) is 5. The van der Waals surface area contributed by atoms with Crippen molar-refractivity contribution in [3.63, 3.8) is 0 Å². The number of rotatable bonds is 5. The summed E-state index contributed by atoms with van der Waals surface area (Å²) < 4.78 is 6.61. The van der Waals surface area contributed by atoms with Crippen LogP contribution in [0.5, 0.6) is 5.75 Å². The van der Waals surface area contributed by atoms with Crippen LogP contribution in [0.3, 0.4) is 0 Å². The lowest BCUT2D eigenvalue weighted by atomic mass is 10.1. The molecule has 1 fully saturated rings. The van der Waals surface area contributed by atoms with Gasteiger partial charge in [-0.05, 0) is 36.2 Å². The van der Waals surface area contributed by atoms with Gasteiger partial charge < -0.3 is 9.64 Å². The number of nitrogens with zero attached hydrogens (tertiary/aromatic N) is 4. The molecular weight excluding hydrogens is 380 g/mol. The summed E-state index contributed by atoms with van der Waals surface area (Å²) in [5, 5.41) is 0.551. The number of carbonyl (C=O) groups is 1. The molecule has 0 unspecified atom stereocenters. The van der Waals surface area contributed by atoms with Crippen molar-refractivity contribution < 1.29 is 9.53 Å². The lowest BCUT2D eigenvalue weighted by Gasteiger charge is -2.34. The number of piperazine rings is 1. The summed E-state index contributed by atoms with van der Waals surface area (Å²) in [4.78, 5) is 34.0. The average molecular weight is 406 g/mol. The van der Waals surface area contributed by atoms with Crippen molar-refractivity contribution in [2.75, 3.05) is 33.3 Å². The first kappa shape index (κ1) is 20.1. The molecule has 2 aromatic carbocycles. The summed E-state index contributed by atoms with van der Waals surface area (Å²) in [7, 11) is 1.66. The Labute approximate surface area is 175 Å². The van der Waals surface area contributed by atoms with Gasteiger partial charge in [0.1, 0.15) is 12.3 Å². The molecule has 0 saturated carbocycles. The average Bonchev–Trinajstić information content (AvgIpc) is 2.77. The molecule has 3 aromatic rings. The van der Waals surface area contributed by atoms with E-state index < -0.39 is 0 Å². The van der Waals surface area contributed by atoms with Gasteiger partial charge in [0.25, 0.3) is 5.56 Å². The Morgan fingerprint density at radius 2 is 1.80 bits per heavy atom. The van der Waals surface area contributed by atoms with E-state index in [0.29, 0.717) is 24.0 Å². The van der Waals surface area contributed by atoms with Crippen molar-refractivity contribution in [1.82, 2.24) is 19.4 Å². The van der Waals surface area contributed by atoms with Crippen molar-refractivity contribution in [2.24, 2.45) is 0 Å². The fourth-order valence-electron chi connectivity index (χ4n) is 3.84. The zero-order valence-corrected chi connectivity index (χ0v) is 17.4. The summed E-state index contributed by atoms with van der Waals surface area (Å²) in [5.74, 6) is 0.803. The van der Waals surface area contributed by atoms with Gasteiger partial charge in [0.15, 0.2) is 0 Å². The number of benzene rings is 2. The molecule has 0 N–H and O–H groups in total. The highest BCUT2D eigenvalue weighted by molar-refractivity contribution is 5.81. The molecule has 1 aliphatic heterocycles. The van der Waals surface area contributed by atoms with Crippen LogP contribution in [0.1, 0.15) is 11.1 Å². The van der Waals surface area contributed by atoms with E-state index in [2.05, 4.69) is 22.0 Å². The molecule has 7 nitrogen and oxygen atoms in total. The van der Waals surface area contributed by atoms with Crippen LogP contribution in [0.2, 0.25) is 0 Å². The van der Waals surface area contributed by atoms with Gasteiger partial charge in [0.2, 0.25) is 5.91 Å². The second kappa shape index (κ2) is 8.67. The molecule has 0 atom stereocenters. The van der Waals surface area contributed by atoms with E-state index in [-0.39, 0.29) is 18.0 Å². The van der Waals surface area contributed by atoms with Gasteiger partial charge >= 0.3 is 0 Å². The number of amides is 1. The van der Waals surface area contributed by atoms with Gasteiger partial charge in [0, 0.05) is 32.7 Å². The van der Waals surface area contributed by atoms with E-state index in [9.17, 15) is 9.59 Å².